The number of carbonyl (C=O) groups excluding carboxylic acids is 1. The van der Waals surface area contributed by atoms with E-state index in [9.17, 15) is 9.90 Å². The zero-order valence-electron chi connectivity index (χ0n) is 13.2. The maximum atomic E-state index is 11.3. The minimum Gasteiger partial charge on any atom is -0.462 e. The molecule has 0 aromatic heterocycles. The van der Waals surface area contributed by atoms with Crippen molar-refractivity contribution in [1.29, 1.82) is 0 Å². The minimum atomic E-state index is -0.526. The average molecular weight is 280 g/mol. The van der Waals surface area contributed by atoms with E-state index in [2.05, 4.69) is 20.8 Å². The molecule has 0 aliphatic heterocycles. The molecule has 0 unspecified atom stereocenters. The summed E-state index contributed by atoms with van der Waals surface area (Å²) in [5, 5.41) is 11.2. The second-order valence-electron chi connectivity index (χ2n) is 8.52. The highest BCUT2D eigenvalue weighted by atomic mass is 16.5. The van der Waals surface area contributed by atoms with E-state index in [0.29, 0.717) is 17.3 Å². The fourth-order valence-corrected chi connectivity index (χ4v) is 5.48. The fraction of sp³-hybridized carbons (Fsp3) is 0.941. The van der Waals surface area contributed by atoms with Crippen LogP contribution in [0.5, 0.6) is 0 Å². The first-order valence-electron chi connectivity index (χ1n) is 8.06. The Bertz CT molecular complexity index is 430. The van der Waals surface area contributed by atoms with Crippen LogP contribution in [0.15, 0.2) is 0 Å². The van der Waals surface area contributed by atoms with Crippen molar-refractivity contribution in [2.45, 2.75) is 77.9 Å². The number of hydrogen-bond donors (Lipinski definition) is 1. The lowest BCUT2D eigenvalue weighted by atomic mass is 9.49. The Kier molecular flexibility index (Phi) is 3.03. The van der Waals surface area contributed by atoms with Gasteiger partial charge in [-0.3, -0.25) is 4.79 Å². The summed E-state index contributed by atoms with van der Waals surface area (Å²) in [6, 6.07) is 0. The van der Waals surface area contributed by atoms with Gasteiger partial charge >= 0.3 is 5.97 Å². The van der Waals surface area contributed by atoms with Crippen molar-refractivity contribution in [3.63, 3.8) is 0 Å². The van der Waals surface area contributed by atoms with Crippen LogP contribution >= 0.6 is 0 Å². The van der Waals surface area contributed by atoms with E-state index in [1.807, 2.05) is 0 Å². The summed E-state index contributed by atoms with van der Waals surface area (Å²) in [7, 11) is 0. The second kappa shape index (κ2) is 4.22. The summed E-state index contributed by atoms with van der Waals surface area (Å²) < 4.78 is 5.57. The third-order valence-corrected chi connectivity index (χ3v) is 6.59. The maximum absolute atomic E-state index is 11.3. The van der Waals surface area contributed by atoms with Crippen molar-refractivity contribution in [3.8, 4) is 0 Å². The van der Waals surface area contributed by atoms with Crippen LogP contribution in [0.1, 0.15) is 66.2 Å². The first-order chi connectivity index (χ1) is 9.16. The van der Waals surface area contributed by atoms with E-state index in [-0.39, 0.29) is 17.5 Å². The van der Waals surface area contributed by atoms with Gasteiger partial charge in [-0.1, -0.05) is 20.8 Å². The first-order valence-corrected chi connectivity index (χ1v) is 8.06. The molecule has 0 aromatic carbocycles. The van der Waals surface area contributed by atoms with Gasteiger partial charge in [-0.2, -0.15) is 0 Å². The molecule has 0 spiro atoms. The monoisotopic (exact) mass is 280 g/mol. The number of rotatable bonds is 1. The van der Waals surface area contributed by atoms with Crippen molar-refractivity contribution >= 4 is 5.97 Å². The van der Waals surface area contributed by atoms with E-state index in [1.54, 1.807) is 0 Å². The molecule has 1 N–H and O–H groups in total. The van der Waals surface area contributed by atoms with E-state index in [4.69, 9.17) is 4.74 Å². The lowest BCUT2D eigenvalue weighted by Gasteiger charge is -2.58. The highest BCUT2D eigenvalue weighted by Crippen LogP contribution is 2.64. The SMILES string of the molecule is CC(=O)O[C@@H]1CC[C@@]2(O)C[C@]1(C)CC[C@H]1[C@@H]2CC1(C)C. The quantitative estimate of drug-likeness (QED) is 0.750. The summed E-state index contributed by atoms with van der Waals surface area (Å²) in [6.07, 6.45) is 5.76. The smallest absolute Gasteiger partial charge is 0.302 e. The summed E-state index contributed by atoms with van der Waals surface area (Å²) >= 11 is 0. The van der Waals surface area contributed by atoms with Crippen LogP contribution < -0.4 is 0 Å². The van der Waals surface area contributed by atoms with Crippen LogP contribution in [0, 0.1) is 22.7 Å². The Morgan fingerprint density at radius 2 is 1.85 bits per heavy atom. The molecule has 3 aliphatic rings. The highest BCUT2D eigenvalue weighted by Gasteiger charge is 2.62. The molecule has 0 amide bonds. The number of ether oxygens (including phenoxy) is 1. The van der Waals surface area contributed by atoms with Gasteiger partial charge in [0, 0.05) is 12.3 Å². The Hall–Kier alpha value is -0.570. The van der Waals surface area contributed by atoms with Gasteiger partial charge in [0.1, 0.15) is 6.10 Å². The van der Waals surface area contributed by atoms with Crippen LogP contribution in [-0.4, -0.2) is 22.8 Å². The molecule has 0 heterocycles. The molecule has 3 heteroatoms. The van der Waals surface area contributed by atoms with E-state index < -0.39 is 5.60 Å². The summed E-state index contributed by atoms with van der Waals surface area (Å²) in [4.78, 5) is 11.3. The second-order valence-corrected chi connectivity index (χ2v) is 8.52. The van der Waals surface area contributed by atoms with Crippen LogP contribution in [0.2, 0.25) is 0 Å². The van der Waals surface area contributed by atoms with Crippen molar-refractivity contribution < 1.29 is 14.6 Å². The number of aliphatic hydroxyl groups is 1. The van der Waals surface area contributed by atoms with Gasteiger partial charge in [0.15, 0.2) is 0 Å². The standard InChI is InChI=1S/C17H28O3/c1-11(18)20-14-6-8-17(19)10-16(14,4)7-5-12-13(17)9-15(12,2)3/h12-14,19H,5-10H2,1-4H3/t12-,13-,14+,16-,17+/m0/s1. The molecule has 114 valence electrons. The number of hydrogen-bond acceptors (Lipinski definition) is 3. The molecule has 3 nitrogen and oxygen atoms in total. The van der Waals surface area contributed by atoms with Gasteiger partial charge in [-0.05, 0) is 55.8 Å². The van der Waals surface area contributed by atoms with Crippen molar-refractivity contribution in [2.75, 3.05) is 0 Å². The van der Waals surface area contributed by atoms with Crippen LogP contribution in [0.25, 0.3) is 0 Å². The zero-order valence-corrected chi connectivity index (χ0v) is 13.2. The van der Waals surface area contributed by atoms with E-state index >= 15 is 0 Å². The van der Waals surface area contributed by atoms with Crippen molar-refractivity contribution in [2.24, 2.45) is 22.7 Å². The molecule has 20 heavy (non-hydrogen) atoms. The molecular formula is C17H28O3. The molecule has 5 atom stereocenters. The predicted octanol–water partition coefficient (Wildman–Crippen LogP) is 3.30. The number of fused-ring (bicyclic) bond motifs is 4. The molecule has 3 rings (SSSR count). The average Bonchev–Trinajstić information content (AvgIpc) is 2.37. The topological polar surface area (TPSA) is 46.5 Å². The van der Waals surface area contributed by atoms with Crippen LogP contribution in [0.3, 0.4) is 0 Å². The fourth-order valence-electron chi connectivity index (χ4n) is 5.48. The first kappa shape index (κ1) is 14.4. The molecule has 2 bridgehead atoms. The zero-order chi connectivity index (χ0) is 14.8. The summed E-state index contributed by atoms with van der Waals surface area (Å²) in [5.74, 6) is 0.900. The number of esters is 1. The Morgan fingerprint density at radius 3 is 2.45 bits per heavy atom. The Balaban J connectivity index is 1.87. The molecule has 3 saturated carbocycles. The molecule has 0 radical (unpaired) electrons. The van der Waals surface area contributed by atoms with Gasteiger partial charge in [-0.15, -0.1) is 0 Å². The maximum Gasteiger partial charge on any atom is 0.302 e. The Labute approximate surface area is 122 Å². The number of carbonyl (C=O) groups is 1. The van der Waals surface area contributed by atoms with Gasteiger partial charge < -0.3 is 9.84 Å². The largest absolute Gasteiger partial charge is 0.462 e. The van der Waals surface area contributed by atoms with Crippen LogP contribution in [0.4, 0.5) is 0 Å². The van der Waals surface area contributed by atoms with Crippen molar-refractivity contribution in [3.05, 3.63) is 0 Å². The molecule has 3 fully saturated rings. The third-order valence-electron chi connectivity index (χ3n) is 6.59. The molecule has 0 saturated heterocycles. The molecule has 0 aromatic rings. The van der Waals surface area contributed by atoms with E-state index in [0.717, 1.165) is 38.5 Å². The minimum absolute atomic E-state index is 0.0131. The lowest BCUT2D eigenvalue weighted by molar-refractivity contribution is -0.188. The molecule has 3 aliphatic carbocycles. The van der Waals surface area contributed by atoms with Crippen LogP contribution in [-0.2, 0) is 9.53 Å². The normalized spacial score (nSPS) is 49.5. The summed E-state index contributed by atoms with van der Waals surface area (Å²) in [5.41, 5.74) is -0.209. The van der Waals surface area contributed by atoms with Gasteiger partial charge in [0.05, 0.1) is 5.60 Å². The molecular weight excluding hydrogens is 252 g/mol. The predicted molar refractivity (Wildman–Crippen MR) is 77.1 cm³/mol. The van der Waals surface area contributed by atoms with Gasteiger partial charge in [-0.25, -0.2) is 0 Å². The lowest BCUT2D eigenvalue weighted by Crippen LogP contribution is -2.58. The van der Waals surface area contributed by atoms with Gasteiger partial charge in [0.2, 0.25) is 0 Å². The van der Waals surface area contributed by atoms with Gasteiger partial charge in [0.25, 0.3) is 0 Å². The van der Waals surface area contributed by atoms with E-state index in [1.165, 1.54) is 6.92 Å². The third kappa shape index (κ3) is 2.01. The Morgan fingerprint density at radius 1 is 1.15 bits per heavy atom. The summed E-state index contributed by atoms with van der Waals surface area (Å²) in [6.45, 7) is 8.37. The highest BCUT2D eigenvalue weighted by molar-refractivity contribution is 5.66. The van der Waals surface area contributed by atoms with Crippen molar-refractivity contribution in [1.82, 2.24) is 0 Å².